The lowest BCUT2D eigenvalue weighted by Crippen LogP contribution is -2.19. The highest BCUT2D eigenvalue weighted by molar-refractivity contribution is 9.10. The molecule has 1 aliphatic rings. The van der Waals surface area contributed by atoms with Crippen molar-refractivity contribution < 1.29 is 9.13 Å². The molecule has 1 N–H and O–H groups in total. The number of hydrogen-bond acceptors (Lipinski definition) is 2. The zero-order valence-electron chi connectivity index (χ0n) is 11.1. The fraction of sp³-hybridized carbons (Fsp3) is 0.250. The number of aryl methyl sites for hydroxylation is 1. The number of halogens is 2. The Hall–Kier alpha value is -1.55. The van der Waals surface area contributed by atoms with E-state index in [0.29, 0.717) is 5.56 Å². The largest absolute Gasteiger partial charge is 0.495 e. The van der Waals surface area contributed by atoms with E-state index in [1.165, 1.54) is 11.6 Å². The number of anilines is 1. The van der Waals surface area contributed by atoms with Gasteiger partial charge in [-0.25, -0.2) is 4.39 Å². The minimum absolute atomic E-state index is 0.0150. The Labute approximate surface area is 126 Å². The third-order valence-corrected chi connectivity index (χ3v) is 4.13. The number of methoxy groups -OCH3 is 1. The fourth-order valence-corrected chi connectivity index (χ4v) is 3.18. The minimum Gasteiger partial charge on any atom is -0.495 e. The van der Waals surface area contributed by atoms with Crippen LogP contribution in [-0.2, 0) is 6.42 Å². The Morgan fingerprint density at radius 2 is 2.10 bits per heavy atom. The molecule has 2 nitrogen and oxygen atoms in total. The quantitative estimate of drug-likeness (QED) is 0.859. The number of rotatable bonds is 2. The molecule has 0 amide bonds. The summed E-state index contributed by atoms with van der Waals surface area (Å²) < 4.78 is 20.3. The van der Waals surface area contributed by atoms with E-state index in [2.05, 4.69) is 27.3 Å². The van der Waals surface area contributed by atoms with Crippen molar-refractivity contribution in [3.05, 3.63) is 57.8 Å². The maximum atomic E-state index is 13.9. The molecule has 0 saturated heterocycles. The van der Waals surface area contributed by atoms with Crippen molar-refractivity contribution in [2.75, 3.05) is 12.4 Å². The average molecular weight is 336 g/mol. The number of ether oxygens (including phenoxy) is 1. The predicted octanol–water partition coefficient (Wildman–Crippen LogP) is 4.70. The van der Waals surface area contributed by atoms with Gasteiger partial charge in [-0.15, -0.1) is 0 Å². The van der Waals surface area contributed by atoms with Crippen LogP contribution in [0.4, 0.5) is 10.1 Å². The van der Waals surface area contributed by atoms with E-state index in [9.17, 15) is 4.39 Å². The summed E-state index contributed by atoms with van der Waals surface area (Å²) in [5.74, 6) is 0.625. The number of hydrogen-bond donors (Lipinski definition) is 1. The van der Waals surface area contributed by atoms with E-state index in [1.54, 1.807) is 13.2 Å². The van der Waals surface area contributed by atoms with Crippen LogP contribution in [0.1, 0.15) is 23.6 Å². The normalized spacial score (nSPS) is 17.2. The van der Waals surface area contributed by atoms with Gasteiger partial charge in [0.2, 0.25) is 0 Å². The predicted molar refractivity (Wildman–Crippen MR) is 81.8 cm³/mol. The van der Waals surface area contributed by atoms with Crippen LogP contribution in [0.15, 0.2) is 40.9 Å². The van der Waals surface area contributed by atoms with E-state index >= 15 is 0 Å². The summed E-state index contributed by atoms with van der Waals surface area (Å²) in [5.41, 5.74) is 2.88. The van der Waals surface area contributed by atoms with E-state index < -0.39 is 0 Å². The first-order valence-corrected chi connectivity index (χ1v) is 7.35. The zero-order chi connectivity index (χ0) is 14.1. The van der Waals surface area contributed by atoms with E-state index in [4.69, 9.17) is 4.74 Å². The lowest BCUT2D eigenvalue weighted by atomic mass is 9.93. The van der Waals surface area contributed by atoms with Gasteiger partial charge in [-0.3, -0.25) is 0 Å². The van der Waals surface area contributed by atoms with Gasteiger partial charge in [0.1, 0.15) is 11.6 Å². The van der Waals surface area contributed by atoms with Gasteiger partial charge in [0.25, 0.3) is 0 Å². The Morgan fingerprint density at radius 1 is 1.30 bits per heavy atom. The highest BCUT2D eigenvalue weighted by atomic mass is 79.9. The maximum absolute atomic E-state index is 13.9. The van der Waals surface area contributed by atoms with Crippen LogP contribution < -0.4 is 10.1 Å². The second-order valence-corrected chi connectivity index (χ2v) is 5.81. The molecule has 3 rings (SSSR count). The van der Waals surface area contributed by atoms with Crippen molar-refractivity contribution in [1.29, 1.82) is 0 Å². The highest BCUT2D eigenvalue weighted by Gasteiger charge is 2.24. The fourth-order valence-electron chi connectivity index (χ4n) is 2.70. The molecule has 0 spiro atoms. The van der Waals surface area contributed by atoms with Crippen LogP contribution in [0, 0.1) is 5.82 Å². The lowest BCUT2D eigenvalue weighted by molar-refractivity contribution is 0.413. The number of fused-ring (bicyclic) bond motifs is 1. The molecule has 1 unspecified atom stereocenters. The van der Waals surface area contributed by atoms with Gasteiger partial charge in [0.05, 0.1) is 18.8 Å². The molecule has 20 heavy (non-hydrogen) atoms. The van der Waals surface area contributed by atoms with Crippen LogP contribution in [0.3, 0.4) is 0 Å². The van der Waals surface area contributed by atoms with Crippen molar-refractivity contribution in [2.24, 2.45) is 0 Å². The molecule has 1 aliphatic heterocycles. The maximum Gasteiger partial charge on any atom is 0.143 e. The van der Waals surface area contributed by atoms with Gasteiger partial charge in [-0.2, -0.15) is 0 Å². The van der Waals surface area contributed by atoms with Gasteiger partial charge in [-0.05, 0) is 36.6 Å². The molecule has 0 fully saturated rings. The molecule has 0 saturated carbocycles. The van der Waals surface area contributed by atoms with Gasteiger partial charge >= 0.3 is 0 Å². The second-order valence-electron chi connectivity index (χ2n) is 4.90. The Bertz CT molecular complexity index is 627. The van der Waals surface area contributed by atoms with Crippen LogP contribution >= 0.6 is 15.9 Å². The molecule has 2 aromatic carbocycles. The number of benzene rings is 2. The Morgan fingerprint density at radius 3 is 2.85 bits per heavy atom. The smallest absolute Gasteiger partial charge is 0.143 e. The van der Waals surface area contributed by atoms with Gasteiger partial charge in [0, 0.05) is 10.0 Å². The SMILES string of the molecule is COc1cc(Br)cc2c1NC(c1ccccc1F)CC2. The molecular formula is C16H15BrFNO. The van der Waals surface area contributed by atoms with E-state index in [1.807, 2.05) is 18.2 Å². The summed E-state index contributed by atoms with van der Waals surface area (Å²) >= 11 is 3.49. The molecule has 1 heterocycles. The summed E-state index contributed by atoms with van der Waals surface area (Å²) in [5, 5.41) is 3.42. The van der Waals surface area contributed by atoms with Crippen LogP contribution in [0.5, 0.6) is 5.75 Å². The Kier molecular flexibility index (Phi) is 3.66. The summed E-state index contributed by atoms with van der Waals surface area (Å²) in [6.45, 7) is 0. The first-order valence-electron chi connectivity index (χ1n) is 6.56. The van der Waals surface area contributed by atoms with Crippen molar-refractivity contribution in [2.45, 2.75) is 18.9 Å². The summed E-state index contributed by atoms with van der Waals surface area (Å²) in [6.07, 6.45) is 1.77. The Balaban J connectivity index is 1.98. The summed E-state index contributed by atoms with van der Waals surface area (Å²) in [7, 11) is 1.65. The van der Waals surface area contributed by atoms with Gasteiger partial charge in [0.15, 0.2) is 0 Å². The molecule has 0 bridgehead atoms. The molecular weight excluding hydrogens is 321 g/mol. The molecule has 4 heteroatoms. The molecule has 2 aromatic rings. The van der Waals surface area contributed by atoms with Crippen molar-refractivity contribution in [3.8, 4) is 5.75 Å². The monoisotopic (exact) mass is 335 g/mol. The molecule has 104 valence electrons. The molecule has 1 atom stereocenters. The minimum atomic E-state index is -0.162. The molecule has 0 radical (unpaired) electrons. The molecule has 0 aromatic heterocycles. The van der Waals surface area contributed by atoms with Crippen LogP contribution in [0.2, 0.25) is 0 Å². The molecule has 0 aliphatic carbocycles. The third-order valence-electron chi connectivity index (χ3n) is 3.67. The van der Waals surface area contributed by atoms with Crippen LogP contribution in [-0.4, -0.2) is 7.11 Å². The highest BCUT2D eigenvalue weighted by Crippen LogP contribution is 2.40. The first kappa shape index (κ1) is 13.4. The van der Waals surface area contributed by atoms with Crippen LogP contribution in [0.25, 0.3) is 0 Å². The third kappa shape index (κ3) is 2.40. The standard InChI is InChI=1S/C16H15BrFNO/c1-20-15-9-11(17)8-10-6-7-14(19-16(10)15)12-4-2-3-5-13(12)18/h2-5,8-9,14,19H,6-7H2,1H3. The average Bonchev–Trinajstić information content (AvgIpc) is 2.46. The van der Waals surface area contributed by atoms with Crippen molar-refractivity contribution in [3.63, 3.8) is 0 Å². The van der Waals surface area contributed by atoms with Gasteiger partial charge < -0.3 is 10.1 Å². The second kappa shape index (κ2) is 5.44. The topological polar surface area (TPSA) is 21.3 Å². The number of nitrogens with one attached hydrogen (secondary N) is 1. The lowest BCUT2D eigenvalue weighted by Gasteiger charge is -2.29. The van der Waals surface area contributed by atoms with Crippen molar-refractivity contribution in [1.82, 2.24) is 0 Å². The summed E-state index contributed by atoms with van der Waals surface area (Å²) in [4.78, 5) is 0. The van der Waals surface area contributed by atoms with E-state index in [0.717, 1.165) is 28.8 Å². The first-order chi connectivity index (χ1) is 9.69. The van der Waals surface area contributed by atoms with Gasteiger partial charge in [-0.1, -0.05) is 34.1 Å². The summed E-state index contributed by atoms with van der Waals surface area (Å²) in [6, 6.07) is 10.9. The zero-order valence-corrected chi connectivity index (χ0v) is 12.7. The van der Waals surface area contributed by atoms with E-state index in [-0.39, 0.29) is 11.9 Å². The van der Waals surface area contributed by atoms with Crippen molar-refractivity contribution >= 4 is 21.6 Å².